The summed E-state index contributed by atoms with van der Waals surface area (Å²) >= 11 is 0. The molecule has 1 atom stereocenters. The molecule has 0 saturated carbocycles. The van der Waals surface area contributed by atoms with Gasteiger partial charge in [0.15, 0.2) is 0 Å². The Labute approximate surface area is 133 Å². The summed E-state index contributed by atoms with van der Waals surface area (Å²) in [5.41, 5.74) is 2.08. The number of likely N-dealkylation sites (N-methyl/N-ethyl adjacent to an activating group) is 1. The van der Waals surface area contributed by atoms with Crippen molar-refractivity contribution in [2.45, 2.75) is 19.9 Å². The fraction of sp³-hybridized carbons (Fsp3) is 0.316. The van der Waals surface area contributed by atoms with E-state index in [9.17, 15) is 4.79 Å². The number of hydrogen-bond acceptors (Lipinski definition) is 2. The number of anilines is 1. The van der Waals surface area contributed by atoms with E-state index in [4.69, 9.17) is 0 Å². The number of hydrogen-bond donors (Lipinski definition) is 1. The third kappa shape index (κ3) is 4.43. The van der Waals surface area contributed by atoms with E-state index in [0.29, 0.717) is 12.5 Å². The second-order valence-electron chi connectivity index (χ2n) is 5.93. The smallest absolute Gasteiger partial charge is 0.238 e. The van der Waals surface area contributed by atoms with Crippen molar-refractivity contribution in [2.75, 3.05) is 18.9 Å². The first-order chi connectivity index (χ1) is 10.6. The molecule has 2 aromatic carbocycles. The highest BCUT2D eigenvalue weighted by Gasteiger charge is 2.22. The van der Waals surface area contributed by atoms with Crippen LogP contribution in [0.1, 0.15) is 25.5 Å². The molecule has 2 aromatic rings. The predicted molar refractivity (Wildman–Crippen MR) is 91.7 cm³/mol. The van der Waals surface area contributed by atoms with E-state index in [1.807, 2.05) is 55.6 Å². The molecule has 22 heavy (non-hydrogen) atoms. The first-order valence-electron chi connectivity index (χ1n) is 7.68. The Morgan fingerprint density at radius 3 is 2.09 bits per heavy atom. The predicted octanol–water partition coefficient (Wildman–Crippen LogP) is 3.95. The molecular formula is C19H24N2O. The molecule has 3 heteroatoms. The van der Waals surface area contributed by atoms with Crippen molar-refractivity contribution in [1.82, 2.24) is 4.90 Å². The van der Waals surface area contributed by atoms with Crippen molar-refractivity contribution >= 4 is 11.6 Å². The van der Waals surface area contributed by atoms with Crippen molar-refractivity contribution in [1.29, 1.82) is 0 Å². The van der Waals surface area contributed by atoms with Crippen molar-refractivity contribution in [3.8, 4) is 0 Å². The van der Waals surface area contributed by atoms with Gasteiger partial charge < -0.3 is 5.32 Å². The third-order valence-corrected chi connectivity index (χ3v) is 3.70. The van der Waals surface area contributed by atoms with Crippen LogP contribution in [-0.4, -0.2) is 24.4 Å². The molecule has 1 unspecified atom stereocenters. The monoisotopic (exact) mass is 296 g/mol. The van der Waals surface area contributed by atoms with Crippen molar-refractivity contribution in [3.05, 3.63) is 66.2 Å². The van der Waals surface area contributed by atoms with Crippen molar-refractivity contribution in [2.24, 2.45) is 5.92 Å². The first kappa shape index (κ1) is 16.2. The SMILES string of the molecule is CC(C)C(c1ccccc1)N(C)CC(=O)Nc1ccccc1. The molecule has 0 aliphatic heterocycles. The van der Waals surface area contributed by atoms with Gasteiger partial charge in [0.25, 0.3) is 0 Å². The van der Waals surface area contributed by atoms with Crippen LogP contribution in [0.25, 0.3) is 0 Å². The van der Waals surface area contributed by atoms with Crippen molar-refractivity contribution in [3.63, 3.8) is 0 Å². The molecule has 0 heterocycles. The maximum Gasteiger partial charge on any atom is 0.238 e. The van der Waals surface area contributed by atoms with E-state index in [2.05, 4.69) is 36.2 Å². The lowest BCUT2D eigenvalue weighted by atomic mass is 9.95. The fourth-order valence-corrected chi connectivity index (χ4v) is 2.85. The van der Waals surface area contributed by atoms with Gasteiger partial charge in [-0.3, -0.25) is 9.69 Å². The number of carbonyl (C=O) groups is 1. The van der Waals surface area contributed by atoms with Crippen LogP contribution in [0.5, 0.6) is 0 Å². The molecule has 0 spiro atoms. The Morgan fingerprint density at radius 1 is 1.00 bits per heavy atom. The normalized spacial score (nSPS) is 12.4. The summed E-state index contributed by atoms with van der Waals surface area (Å²) in [5.74, 6) is 0.437. The van der Waals surface area contributed by atoms with Gasteiger partial charge in [0.05, 0.1) is 6.54 Å². The highest BCUT2D eigenvalue weighted by molar-refractivity contribution is 5.92. The van der Waals surface area contributed by atoms with E-state index in [1.165, 1.54) is 5.56 Å². The molecule has 0 fully saturated rings. The second-order valence-corrected chi connectivity index (χ2v) is 5.93. The van der Waals surface area contributed by atoms with Crippen LogP contribution < -0.4 is 5.32 Å². The van der Waals surface area contributed by atoms with E-state index in [1.54, 1.807) is 0 Å². The largest absolute Gasteiger partial charge is 0.325 e. The minimum absolute atomic E-state index is 0.00952. The van der Waals surface area contributed by atoms with Gasteiger partial charge in [-0.15, -0.1) is 0 Å². The van der Waals surface area contributed by atoms with Crippen LogP contribution in [0.3, 0.4) is 0 Å². The maximum absolute atomic E-state index is 12.2. The van der Waals surface area contributed by atoms with Crippen molar-refractivity contribution < 1.29 is 4.79 Å². The van der Waals surface area contributed by atoms with Gasteiger partial charge in [0.2, 0.25) is 5.91 Å². The van der Waals surface area contributed by atoms with Crippen LogP contribution in [-0.2, 0) is 4.79 Å². The minimum Gasteiger partial charge on any atom is -0.325 e. The molecule has 1 N–H and O–H groups in total. The molecule has 116 valence electrons. The average Bonchev–Trinajstić information content (AvgIpc) is 2.48. The fourth-order valence-electron chi connectivity index (χ4n) is 2.85. The van der Waals surface area contributed by atoms with Crippen LogP contribution in [0.2, 0.25) is 0 Å². The molecular weight excluding hydrogens is 272 g/mol. The number of nitrogens with zero attached hydrogens (tertiary/aromatic N) is 1. The van der Waals surface area contributed by atoms with Gasteiger partial charge in [-0.25, -0.2) is 0 Å². The van der Waals surface area contributed by atoms with E-state index >= 15 is 0 Å². The van der Waals surface area contributed by atoms with Gasteiger partial charge in [0.1, 0.15) is 0 Å². The molecule has 3 nitrogen and oxygen atoms in total. The second kappa shape index (κ2) is 7.76. The lowest BCUT2D eigenvalue weighted by Crippen LogP contribution is -2.35. The Hall–Kier alpha value is -2.13. The molecule has 0 aromatic heterocycles. The number of para-hydroxylation sites is 1. The topological polar surface area (TPSA) is 32.3 Å². The Bertz CT molecular complexity index is 581. The Balaban J connectivity index is 2.02. The molecule has 1 amide bonds. The zero-order chi connectivity index (χ0) is 15.9. The summed E-state index contributed by atoms with van der Waals surface area (Å²) in [6, 6.07) is 20.1. The molecule has 0 aliphatic rings. The average molecular weight is 296 g/mol. The van der Waals surface area contributed by atoms with Crippen LogP contribution in [0.4, 0.5) is 5.69 Å². The van der Waals surface area contributed by atoms with E-state index in [-0.39, 0.29) is 11.9 Å². The standard InChI is InChI=1S/C19H24N2O/c1-15(2)19(16-10-6-4-7-11-16)21(3)14-18(22)20-17-12-8-5-9-13-17/h4-13,15,19H,14H2,1-3H3,(H,20,22). The first-order valence-corrected chi connectivity index (χ1v) is 7.68. The molecule has 0 radical (unpaired) electrons. The van der Waals surface area contributed by atoms with E-state index < -0.39 is 0 Å². The number of amides is 1. The van der Waals surface area contributed by atoms with Gasteiger partial charge >= 0.3 is 0 Å². The zero-order valence-corrected chi connectivity index (χ0v) is 13.5. The summed E-state index contributed by atoms with van der Waals surface area (Å²) in [7, 11) is 2.00. The lowest BCUT2D eigenvalue weighted by molar-refractivity contribution is -0.117. The van der Waals surface area contributed by atoms with Crippen LogP contribution in [0.15, 0.2) is 60.7 Å². The van der Waals surface area contributed by atoms with Crippen LogP contribution in [0, 0.1) is 5.92 Å². The highest BCUT2D eigenvalue weighted by atomic mass is 16.2. The number of carbonyl (C=O) groups excluding carboxylic acids is 1. The molecule has 0 bridgehead atoms. The highest BCUT2D eigenvalue weighted by Crippen LogP contribution is 2.27. The Morgan fingerprint density at radius 2 is 1.55 bits per heavy atom. The molecule has 0 saturated heterocycles. The van der Waals surface area contributed by atoms with Gasteiger partial charge in [-0.05, 0) is 30.7 Å². The summed E-state index contributed by atoms with van der Waals surface area (Å²) < 4.78 is 0. The summed E-state index contributed by atoms with van der Waals surface area (Å²) in [5, 5.41) is 2.94. The quantitative estimate of drug-likeness (QED) is 0.875. The number of nitrogens with one attached hydrogen (secondary N) is 1. The summed E-state index contributed by atoms with van der Waals surface area (Å²) in [6.45, 7) is 4.74. The maximum atomic E-state index is 12.2. The summed E-state index contributed by atoms with van der Waals surface area (Å²) in [6.07, 6.45) is 0. The summed E-state index contributed by atoms with van der Waals surface area (Å²) in [4.78, 5) is 14.3. The van der Waals surface area contributed by atoms with Gasteiger partial charge in [0, 0.05) is 11.7 Å². The molecule has 0 aliphatic carbocycles. The van der Waals surface area contributed by atoms with Crippen LogP contribution >= 0.6 is 0 Å². The Kier molecular flexibility index (Phi) is 5.73. The minimum atomic E-state index is 0.00952. The number of rotatable bonds is 6. The number of benzene rings is 2. The lowest BCUT2D eigenvalue weighted by Gasteiger charge is -2.31. The van der Waals surface area contributed by atoms with Gasteiger partial charge in [-0.2, -0.15) is 0 Å². The zero-order valence-electron chi connectivity index (χ0n) is 13.5. The third-order valence-electron chi connectivity index (χ3n) is 3.70. The van der Waals surface area contributed by atoms with E-state index in [0.717, 1.165) is 5.69 Å². The molecule has 2 rings (SSSR count). The van der Waals surface area contributed by atoms with Gasteiger partial charge in [-0.1, -0.05) is 62.4 Å².